The van der Waals surface area contributed by atoms with Crippen LogP contribution >= 0.6 is 11.6 Å². The molecule has 19 heavy (non-hydrogen) atoms. The second kappa shape index (κ2) is 5.59. The number of halogens is 1. The van der Waals surface area contributed by atoms with Crippen molar-refractivity contribution in [3.63, 3.8) is 0 Å². The summed E-state index contributed by atoms with van der Waals surface area (Å²) in [6.07, 6.45) is 6.19. The molecule has 0 bridgehead atoms. The quantitative estimate of drug-likeness (QED) is 0.841. The molecule has 0 saturated carbocycles. The summed E-state index contributed by atoms with van der Waals surface area (Å²) >= 11 is 5.91. The van der Waals surface area contributed by atoms with Gasteiger partial charge >= 0.3 is 0 Å². The number of aromatic nitrogens is 3. The molecule has 0 fully saturated rings. The van der Waals surface area contributed by atoms with Crippen molar-refractivity contribution < 1.29 is 0 Å². The Morgan fingerprint density at radius 3 is 3.21 bits per heavy atom. The first-order valence-corrected chi connectivity index (χ1v) is 6.83. The lowest BCUT2D eigenvalue weighted by atomic mass is 10.1. The highest BCUT2D eigenvalue weighted by Gasteiger charge is 2.05. The number of pyridine rings is 1. The van der Waals surface area contributed by atoms with E-state index in [1.807, 2.05) is 12.1 Å². The number of nitrogens with zero attached hydrogens (tertiary/aromatic N) is 3. The van der Waals surface area contributed by atoms with Crippen LogP contribution in [0.4, 0.5) is 5.95 Å². The van der Waals surface area contributed by atoms with Gasteiger partial charge in [0.25, 0.3) is 0 Å². The summed E-state index contributed by atoms with van der Waals surface area (Å²) in [6, 6.07) is 3.67. The fraction of sp³-hybridized carbons (Fsp3) is 0.385. The van der Waals surface area contributed by atoms with Gasteiger partial charge in [0.1, 0.15) is 0 Å². The van der Waals surface area contributed by atoms with E-state index in [-0.39, 0.29) is 0 Å². The van der Waals surface area contributed by atoms with E-state index in [1.165, 1.54) is 5.57 Å². The first-order valence-electron chi connectivity index (χ1n) is 6.46. The Balaban J connectivity index is 1.60. The molecule has 6 heteroatoms. The molecule has 0 amide bonds. The molecule has 2 N–H and O–H groups in total. The van der Waals surface area contributed by atoms with Crippen LogP contribution in [0.2, 0.25) is 5.02 Å². The Bertz CT molecular complexity index is 604. The lowest BCUT2D eigenvalue weighted by Crippen LogP contribution is -2.21. The van der Waals surface area contributed by atoms with Gasteiger partial charge in [-0.3, -0.25) is 0 Å². The van der Waals surface area contributed by atoms with Crippen LogP contribution in [-0.4, -0.2) is 34.2 Å². The van der Waals surface area contributed by atoms with Crippen molar-refractivity contribution in [2.24, 2.45) is 0 Å². The Kier molecular flexibility index (Phi) is 3.66. The predicted octanol–water partition coefficient (Wildman–Crippen LogP) is 2.10. The third kappa shape index (κ3) is 3.05. The van der Waals surface area contributed by atoms with Crippen LogP contribution < -0.4 is 10.6 Å². The van der Waals surface area contributed by atoms with E-state index < -0.39 is 0 Å². The number of fused-ring (bicyclic) bond motifs is 1. The van der Waals surface area contributed by atoms with E-state index in [4.69, 9.17) is 11.6 Å². The molecule has 0 radical (unpaired) electrons. The van der Waals surface area contributed by atoms with Gasteiger partial charge in [0.05, 0.1) is 5.02 Å². The minimum Gasteiger partial charge on any atom is -0.353 e. The van der Waals surface area contributed by atoms with Crippen molar-refractivity contribution in [1.82, 2.24) is 19.9 Å². The standard InChI is InChI=1S/C13H16ClN5/c14-11-1-2-12-17-13(18-19(12)9-11)16-8-5-10-3-6-15-7-4-10/h1-3,9,15H,4-8H2,(H,16,18). The molecule has 0 aliphatic carbocycles. The third-order valence-electron chi connectivity index (χ3n) is 3.18. The van der Waals surface area contributed by atoms with Crippen LogP contribution in [0.1, 0.15) is 12.8 Å². The predicted molar refractivity (Wildman–Crippen MR) is 76.7 cm³/mol. The van der Waals surface area contributed by atoms with Crippen LogP contribution in [0.5, 0.6) is 0 Å². The molecule has 0 unspecified atom stereocenters. The van der Waals surface area contributed by atoms with Crippen LogP contribution in [0.15, 0.2) is 30.0 Å². The monoisotopic (exact) mass is 277 g/mol. The summed E-state index contributed by atoms with van der Waals surface area (Å²) in [7, 11) is 0. The maximum atomic E-state index is 5.91. The maximum Gasteiger partial charge on any atom is 0.243 e. The van der Waals surface area contributed by atoms with Gasteiger partial charge in [0.2, 0.25) is 5.95 Å². The molecule has 2 aromatic rings. The highest BCUT2D eigenvalue weighted by molar-refractivity contribution is 6.30. The van der Waals surface area contributed by atoms with Crippen molar-refractivity contribution in [3.8, 4) is 0 Å². The van der Waals surface area contributed by atoms with E-state index in [1.54, 1.807) is 10.7 Å². The SMILES string of the molecule is Clc1ccc2nc(NCCC3=CCNCC3)nn2c1. The molecule has 0 atom stereocenters. The molecule has 3 rings (SSSR count). The molecule has 5 nitrogen and oxygen atoms in total. The normalized spacial score (nSPS) is 15.5. The van der Waals surface area contributed by atoms with E-state index in [0.717, 1.165) is 38.1 Å². The van der Waals surface area contributed by atoms with Crippen LogP contribution in [-0.2, 0) is 0 Å². The van der Waals surface area contributed by atoms with Crippen molar-refractivity contribution >= 4 is 23.2 Å². The fourth-order valence-corrected chi connectivity index (χ4v) is 2.32. The first-order chi connectivity index (χ1) is 9.31. The molecular formula is C13H16ClN5. The number of hydrogen-bond donors (Lipinski definition) is 2. The van der Waals surface area contributed by atoms with Crippen molar-refractivity contribution in [3.05, 3.63) is 35.0 Å². The van der Waals surface area contributed by atoms with Crippen LogP contribution in [0.25, 0.3) is 5.65 Å². The minimum absolute atomic E-state index is 0.650. The minimum atomic E-state index is 0.650. The van der Waals surface area contributed by atoms with Crippen LogP contribution in [0, 0.1) is 0 Å². The first kappa shape index (κ1) is 12.4. The average Bonchev–Trinajstić information content (AvgIpc) is 2.82. The summed E-state index contributed by atoms with van der Waals surface area (Å²) in [5.41, 5.74) is 2.30. The summed E-state index contributed by atoms with van der Waals surface area (Å²) in [6.45, 7) is 2.92. The zero-order valence-electron chi connectivity index (χ0n) is 10.6. The molecule has 0 aromatic carbocycles. The molecule has 0 saturated heterocycles. The summed E-state index contributed by atoms with van der Waals surface area (Å²) in [4.78, 5) is 4.39. The maximum absolute atomic E-state index is 5.91. The second-order valence-electron chi connectivity index (χ2n) is 4.58. The topological polar surface area (TPSA) is 54.2 Å². The number of hydrogen-bond acceptors (Lipinski definition) is 4. The molecule has 0 spiro atoms. The van der Waals surface area contributed by atoms with Gasteiger partial charge in [-0.15, -0.1) is 5.10 Å². The highest BCUT2D eigenvalue weighted by atomic mass is 35.5. The largest absolute Gasteiger partial charge is 0.353 e. The molecule has 2 aromatic heterocycles. The zero-order valence-corrected chi connectivity index (χ0v) is 11.3. The molecule has 100 valence electrons. The summed E-state index contributed by atoms with van der Waals surface area (Å²) in [5, 5.41) is 11.6. The van der Waals surface area contributed by atoms with E-state index >= 15 is 0 Å². The lowest BCUT2D eigenvalue weighted by molar-refractivity contribution is 0.683. The van der Waals surface area contributed by atoms with Gasteiger partial charge in [-0.1, -0.05) is 23.3 Å². The van der Waals surface area contributed by atoms with E-state index in [0.29, 0.717) is 11.0 Å². The number of nitrogens with one attached hydrogen (secondary N) is 2. The summed E-state index contributed by atoms with van der Waals surface area (Å²) < 4.78 is 1.69. The Morgan fingerprint density at radius 2 is 2.37 bits per heavy atom. The lowest BCUT2D eigenvalue weighted by Gasteiger charge is -2.13. The third-order valence-corrected chi connectivity index (χ3v) is 3.41. The van der Waals surface area contributed by atoms with Crippen molar-refractivity contribution in [1.29, 1.82) is 0 Å². The van der Waals surface area contributed by atoms with Gasteiger partial charge < -0.3 is 10.6 Å². The van der Waals surface area contributed by atoms with Gasteiger partial charge in [0.15, 0.2) is 5.65 Å². The van der Waals surface area contributed by atoms with E-state index in [9.17, 15) is 0 Å². The van der Waals surface area contributed by atoms with Gasteiger partial charge in [-0.2, -0.15) is 4.98 Å². The molecule has 1 aliphatic heterocycles. The van der Waals surface area contributed by atoms with Crippen molar-refractivity contribution in [2.75, 3.05) is 25.0 Å². The van der Waals surface area contributed by atoms with Gasteiger partial charge in [-0.25, -0.2) is 4.52 Å². The van der Waals surface area contributed by atoms with Crippen LogP contribution in [0.3, 0.4) is 0 Å². The highest BCUT2D eigenvalue weighted by Crippen LogP contribution is 2.12. The Labute approximate surface area is 116 Å². The smallest absolute Gasteiger partial charge is 0.243 e. The number of anilines is 1. The zero-order chi connectivity index (χ0) is 13.1. The fourth-order valence-electron chi connectivity index (χ4n) is 2.16. The Morgan fingerprint density at radius 1 is 1.42 bits per heavy atom. The molecular weight excluding hydrogens is 262 g/mol. The van der Waals surface area contributed by atoms with Crippen molar-refractivity contribution in [2.45, 2.75) is 12.8 Å². The van der Waals surface area contributed by atoms with Gasteiger partial charge in [-0.05, 0) is 31.5 Å². The second-order valence-corrected chi connectivity index (χ2v) is 5.02. The Hall–Kier alpha value is -1.59. The van der Waals surface area contributed by atoms with Gasteiger partial charge in [0, 0.05) is 19.3 Å². The summed E-state index contributed by atoms with van der Waals surface area (Å²) in [5.74, 6) is 0.650. The molecule has 3 heterocycles. The average molecular weight is 278 g/mol. The van der Waals surface area contributed by atoms with E-state index in [2.05, 4.69) is 26.8 Å². The molecule has 1 aliphatic rings. The number of rotatable bonds is 4.